The number of hydrogen-bond acceptors (Lipinski definition) is 3. The van der Waals surface area contributed by atoms with Gasteiger partial charge in [-0.25, -0.2) is 4.68 Å². The van der Waals surface area contributed by atoms with Crippen molar-refractivity contribution in [1.29, 1.82) is 0 Å². The van der Waals surface area contributed by atoms with E-state index >= 15 is 0 Å². The Morgan fingerprint density at radius 2 is 1.90 bits per heavy atom. The standard InChI is InChI=1S/C21H17Cl2F3N4O/c1-11-5-7-12(8-6-11)15-9-17(21(24,25)26)30-18(27-15)10-16(29-30)20(31)28-14-4-2-3-13(22)19(14)23/h2-8,10,15,17,27H,9H2,1H3,(H,28,31)/t15-,17+/m1/s1. The van der Waals surface area contributed by atoms with Gasteiger partial charge >= 0.3 is 6.18 Å². The van der Waals surface area contributed by atoms with E-state index in [4.69, 9.17) is 23.2 Å². The molecule has 162 valence electrons. The molecule has 4 rings (SSSR count). The summed E-state index contributed by atoms with van der Waals surface area (Å²) in [5.41, 5.74) is 1.81. The molecular formula is C21H17Cl2F3N4O. The van der Waals surface area contributed by atoms with E-state index in [2.05, 4.69) is 15.7 Å². The summed E-state index contributed by atoms with van der Waals surface area (Å²) in [6.45, 7) is 1.91. The van der Waals surface area contributed by atoms with Gasteiger partial charge in [-0.3, -0.25) is 4.79 Å². The Kier molecular flexibility index (Phi) is 5.61. The maximum absolute atomic E-state index is 13.8. The maximum Gasteiger partial charge on any atom is 0.410 e. The molecule has 31 heavy (non-hydrogen) atoms. The van der Waals surface area contributed by atoms with E-state index in [0.29, 0.717) is 0 Å². The van der Waals surface area contributed by atoms with Crippen LogP contribution < -0.4 is 10.6 Å². The summed E-state index contributed by atoms with van der Waals surface area (Å²) in [6, 6.07) is 10.8. The minimum atomic E-state index is -4.53. The fourth-order valence-corrected chi connectivity index (χ4v) is 3.84. The number of rotatable bonds is 3. The van der Waals surface area contributed by atoms with E-state index in [0.717, 1.165) is 15.8 Å². The number of aromatic nitrogens is 2. The van der Waals surface area contributed by atoms with Crippen LogP contribution in [-0.2, 0) is 0 Å². The topological polar surface area (TPSA) is 59.0 Å². The van der Waals surface area contributed by atoms with Crippen LogP contribution >= 0.6 is 23.2 Å². The number of carbonyl (C=O) groups is 1. The molecule has 0 radical (unpaired) electrons. The van der Waals surface area contributed by atoms with Crippen LogP contribution in [0.4, 0.5) is 24.7 Å². The molecule has 0 unspecified atom stereocenters. The highest BCUT2D eigenvalue weighted by Crippen LogP contribution is 2.43. The summed E-state index contributed by atoms with van der Waals surface area (Å²) < 4.78 is 42.2. The van der Waals surface area contributed by atoms with E-state index in [1.54, 1.807) is 24.3 Å². The summed E-state index contributed by atoms with van der Waals surface area (Å²) in [7, 11) is 0. The summed E-state index contributed by atoms with van der Waals surface area (Å²) in [5.74, 6) is -0.581. The molecule has 0 aliphatic carbocycles. The second kappa shape index (κ2) is 8.09. The Hall–Kier alpha value is -2.71. The van der Waals surface area contributed by atoms with Crippen molar-refractivity contribution >= 4 is 40.6 Å². The van der Waals surface area contributed by atoms with Gasteiger partial charge in [-0.05, 0) is 24.6 Å². The lowest BCUT2D eigenvalue weighted by molar-refractivity contribution is -0.173. The van der Waals surface area contributed by atoms with Crippen LogP contribution in [0.3, 0.4) is 0 Å². The molecule has 3 aromatic rings. The van der Waals surface area contributed by atoms with Crippen molar-refractivity contribution in [3.05, 3.63) is 75.4 Å². The van der Waals surface area contributed by atoms with Crippen LogP contribution in [0, 0.1) is 6.92 Å². The molecule has 0 saturated carbocycles. The molecule has 2 N–H and O–H groups in total. The molecule has 1 amide bonds. The fraction of sp³-hybridized carbons (Fsp3) is 0.238. The van der Waals surface area contributed by atoms with Crippen molar-refractivity contribution < 1.29 is 18.0 Å². The number of fused-ring (bicyclic) bond motifs is 1. The summed E-state index contributed by atoms with van der Waals surface area (Å²) in [5, 5.41) is 9.91. The van der Waals surface area contributed by atoms with Gasteiger partial charge in [-0.15, -0.1) is 0 Å². The van der Waals surface area contributed by atoms with Gasteiger partial charge in [-0.1, -0.05) is 59.1 Å². The van der Waals surface area contributed by atoms with Crippen molar-refractivity contribution in [2.75, 3.05) is 10.6 Å². The molecule has 2 atom stereocenters. The van der Waals surface area contributed by atoms with Gasteiger partial charge in [0.2, 0.25) is 0 Å². The van der Waals surface area contributed by atoms with Gasteiger partial charge in [-0.2, -0.15) is 18.3 Å². The second-order valence-corrected chi connectivity index (χ2v) is 8.10. The predicted octanol–water partition coefficient (Wildman–Crippen LogP) is 6.41. The molecule has 0 spiro atoms. The largest absolute Gasteiger partial charge is 0.410 e. The van der Waals surface area contributed by atoms with Gasteiger partial charge in [0.1, 0.15) is 5.82 Å². The normalized spacial score (nSPS) is 18.3. The minimum Gasteiger partial charge on any atom is -0.363 e. The predicted molar refractivity (Wildman–Crippen MR) is 114 cm³/mol. The second-order valence-electron chi connectivity index (χ2n) is 7.32. The van der Waals surface area contributed by atoms with Gasteiger partial charge in [0.25, 0.3) is 5.91 Å². The van der Waals surface area contributed by atoms with Crippen LogP contribution in [0.2, 0.25) is 10.0 Å². The molecule has 10 heteroatoms. The van der Waals surface area contributed by atoms with Gasteiger partial charge in [0, 0.05) is 12.5 Å². The number of benzene rings is 2. The van der Waals surface area contributed by atoms with Crippen LogP contribution in [0.25, 0.3) is 0 Å². The van der Waals surface area contributed by atoms with E-state index in [1.165, 1.54) is 12.1 Å². The van der Waals surface area contributed by atoms with Crippen molar-refractivity contribution in [3.63, 3.8) is 0 Å². The Morgan fingerprint density at radius 3 is 2.58 bits per heavy atom. The zero-order chi connectivity index (χ0) is 22.3. The number of anilines is 2. The Labute approximate surface area is 186 Å². The number of nitrogens with zero attached hydrogens (tertiary/aromatic N) is 2. The summed E-state index contributed by atoms with van der Waals surface area (Å²) in [4.78, 5) is 12.6. The Balaban J connectivity index is 1.65. The van der Waals surface area contributed by atoms with Crippen LogP contribution in [0.1, 0.15) is 40.1 Å². The fourth-order valence-electron chi connectivity index (χ4n) is 3.49. The van der Waals surface area contributed by atoms with Gasteiger partial charge < -0.3 is 10.6 Å². The number of aryl methyl sites for hydroxylation is 1. The quantitative estimate of drug-likeness (QED) is 0.466. The van der Waals surface area contributed by atoms with Crippen molar-refractivity contribution in [2.45, 2.75) is 31.6 Å². The van der Waals surface area contributed by atoms with Gasteiger partial charge in [0.15, 0.2) is 11.7 Å². The summed E-state index contributed by atoms with van der Waals surface area (Å²) >= 11 is 12.0. The Morgan fingerprint density at radius 1 is 1.19 bits per heavy atom. The lowest BCUT2D eigenvalue weighted by Gasteiger charge is -2.33. The zero-order valence-electron chi connectivity index (χ0n) is 16.2. The van der Waals surface area contributed by atoms with E-state index in [1.807, 2.05) is 19.1 Å². The third-order valence-corrected chi connectivity index (χ3v) is 5.92. The minimum absolute atomic E-state index is 0.112. The maximum atomic E-state index is 13.8. The molecule has 0 bridgehead atoms. The van der Waals surface area contributed by atoms with Crippen molar-refractivity contribution in [3.8, 4) is 0 Å². The molecule has 1 aliphatic rings. The molecule has 2 aromatic carbocycles. The average molecular weight is 469 g/mol. The third-order valence-electron chi connectivity index (χ3n) is 5.10. The molecule has 0 saturated heterocycles. The Bertz CT molecular complexity index is 1130. The molecule has 5 nitrogen and oxygen atoms in total. The summed E-state index contributed by atoms with van der Waals surface area (Å²) in [6.07, 6.45) is -4.78. The number of amides is 1. The zero-order valence-corrected chi connectivity index (χ0v) is 17.7. The van der Waals surface area contributed by atoms with Crippen molar-refractivity contribution in [1.82, 2.24) is 9.78 Å². The number of carbonyl (C=O) groups excluding carboxylic acids is 1. The van der Waals surface area contributed by atoms with Gasteiger partial charge in [0.05, 0.1) is 21.8 Å². The molecule has 0 fully saturated rings. The smallest absolute Gasteiger partial charge is 0.363 e. The first-order chi connectivity index (χ1) is 14.6. The SMILES string of the molecule is Cc1ccc([C@H]2C[C@@H](C(F)(F)F)n3nc(C(=O)Nc4cccc(Cl)c4Cl)cc3N2)cc1. The van der Waals surface area contributed by atoms with Crippen LogP contribution in [0.5, 0.6) is 0 Å². The molecule has 1 aromatic heterocycles. The monoisotopic (exact) mass is 468 g/mol. The molecular weight excluding hydrogens is 452 g/mol. The van der Waals surface area contributed by atoms with Crippen molar-refractivity contribution in [2.24, 2.45) is 0 Å². The highest BCUT2D eigenvalue weighted by molar-refractivity contribution is 6.44. The highest BCUT2D eigenvalue weighted by Gasteiger charge is 2.46. The van der Waals surface area contributed by atoms with Crippen LogP contribution in [0.15, 0.2) is 48.5 Å². The third kappa shape index (κ3) is 4.36. The lowest BCUT2D eigenvalue weighted by atomic mass is 9.96. The molecule has 2 heterocycles. The van der Waals surface area contributed by atoms with E-state index in [-0.39, 0.29) is 33.7 Å². The molecule has 1 aliphatic heterocycles. The number of halogens is 5. The highest BCUT2D eigenvalue weighted by atomic mass is 35.5. The number of alkyl halides is 3. The number of hydrogen-bond donors (Lipinski definition) is 2. The van der Waals surface area contributed by atoms with Crippen LogP contribution in [-0.4, -0.2) is 21.9 Å². The first-order valence-electron chi connectivity index (χ1n) is 9.38. The van der Waals surface area contributed by atoms with E-state index < -0.39 is 24.2 Å². The average Bonchev–Trinajstić information content (AvgIpc) is 3.14. The van der Waals surface area contributed by atoms with E-state index in [9.17, 15) is 18.0 Å². The lowest BCUT2D eigenvalue weighted by Crippen LogP contribution is -2.35. The first-order valence-corrected chi connectivity index (χ1v) is 10.1. The first kappa shape index (κ1) is 21.5. The number of nitrogens with one attached hydrogen (secondary N) is 2.